The Morgan fingerprint density at radius 1 is 1.16 bits per heavy atom. The van der Waals surface area contributed by atoms with Crippen LogP contribution in [0, 0.1) is 10.5 Å². The van der Waals surface area contributed by atoms with Crippen molar-refractivity contribution < 1.29 is 14.3 Å². The number of aldehydes is 1. The molecule has 3 aromatic carbocycles. The molecule has 3 rings (SSSR count). The lowest BCUT2D eigenvalue weighted by atomic mass is 10.0. The SMILES string of the molecule is Cc1cc(I)ccc1NC(=O)COc1ccc2ccccc2c1C=O. The van der Waals surface area contributed by atoms with Crippen LogP contribution in [0.15, 0.2) is 54.6 Å². The lowest BCUT2D eigenvalue weighted by Crippen LogP contribution is -2.21. The Kier molecular flexibility index (Phi) is 5.33. The van der Waals surface area contributed by atoms with Crippen molar-refractivity contribution in [1.29, 1.82) is 0 Å². The fourth-order valence-electron chi connectivity index (χ4n) is 2.62. The Bertz CT molecular complexity index is 953. The van der Waals surface area contributed by atoms with Crippen LogP contribution in [0.2, 0.25) is 0 Å². The molecule has 0 radical (unpaired) electrons. The average Bonchev–Trinajstić information content (AvgIpc) is 2.61. The Balaban J connectivity index is 1.74. The largest absolute Gasteiger partial charge is 0.483 e. The number of hydrogen-bond acceptors (Lipinski definition) is 3. The Morgan fingerprint density at radius 3 is 2.72 bits per heavy atom. The summed E-state index contributed by atoms with van der Waals surface area (Å²) in [5.74, 6) is 0.137. The van der Waals surface area contributed by atoms with Crippen LogP contribution in [0.3, 0.4) is 0 Å². The molecule has 0 atom stereocenters. The van der Waals surface area contributed by atoms with E-state index in [4.69, 9.17) is 4.74 Å². The first-order valence-electron chi connectivity index (χ1n) is 7.74. The minimum Gasteiger partial charge on any atom is -0.483 e. The van der Waals surface area contributed by atoms with E-state index < -0.39 is 0 Å². The van der Waals surface area contributed by atoms with Crippen LogP contribution >= 0.6 is 22.6 Å². The topological polar surface area (TPSA) is 55.4 Å². The smallest absolute Gasteiger partial charge is 0.262 e. The Hall–Kier alpha value is -2.41. The maximum Gasteiger partial charge on any atom is 0.262 e. The molecule has 0 heterocycles. The van der Waals surface area contributed by atoms with Crippen LogP contribution in [-0.2, 0) is 4.79 Å². The predicted molar refractivity (Wildman–Crippen MR) is 107 cm³/mol. The molecule has 0 aliphatic heterocycles. The lowest BCUT2D eigenvalue weighted by molar-refractivity contribution is -0.118. The number of nitrogens with one attached hydrogen (secondary N) is 1. The third-order valence-electron chi connectivity index (χ3n) is 3.87. The number of hydrogen-bond donors (Lipinski definition) is 1. The van der Waals surface area contributed by atoms with Gasteiger partial charge in [0.1, 0.15) is 5.75 Å². The fraction of sp³-hybridized carbons (Fsp3) is 0.100. The summed E-state index contributed by atoms with van der Waals surface area (Å²) < 4.78 is 6.70. The van der Waals surface area contributed by atoms with Crippen molar-refractivity contribution in [2.45, 2.75) is 6.92 Å². The molecule has 0 unspecified atom stereocenters. The van der Waals surface area contributed by atoms with Crippen molar-refractivity contribution in [3.63, 3.8) is 0 Å². The van der Waals surface area contributed by atoms with Gasteiger partial charge in [-0.05, 0) is 70.1 Å². The highest BCUT2D eigenvalue weighted by Crippen LogP contribution is 2.26. The second-order valence-corrected chi connectivity index (χ2v) is 6.86. The first kappa shape index (κ1) is 17.4. The van der Waals surface area contributed by atoms with Gasteiger partial charge in [0, 0.05) is 9.26 Å². The third-order valence-corrected chi connectivity index (χ3v) is 4.54. The maximum atomic E-state index is 12.2. The molecule has 25 heavy (non-hydrogen) atoms. The first-order chi connectivity index (χ1) is 12.1. The van der Waals surface area contributed by atoms with Gasteiger partial charge >= 0.3 is 0 Å². The molecule has 1 amide bonds. The molecule has 0 saturated heterocycles. The van der Waals surface area contributed by atoms with Gasteiger partial charge in [-0.25, -0.2) is 0 Å². The van der Waals surface area contributed by atoms with Gasteiger partial charge in [-0.2, -0.15) is 0 Å². The summed E-state index contributed by atoms with van der Waals surface area (Å²) in [5, 5.41) is 4.59. The summed E-state index contributed by atoms with van der Waals surface area (Å²) in [4.78, 5) is 23.6. The summed E-state index contributed by atoms with van der Waals surface area (Å²) in [6, 6.07) is 16.9. The minimum atomic E-state index is -0.269. The molecule has 0 fully saturated rings. The second-order valence-electron chi connectivity index (χ2n) is 5.61. The highest BCUT2D eigenvalue weighted by Gasteiger charge is 2.11. The standard InChI is InChI=1S/C20H16INO3/c1-13-10-15(21)7-8-18(13)22-20(24)12-25-19-9-6-14-4-2-3-5-16(14)17(19)11-23/h2-11H,12H2,1H3,(H,22,24). The molecule has 4 nitrogen and oxygen atoms in total. The van der Waals surface area contributed by atoms with E-state index in [0.29, 0.717) is 11.3 Å². The molecule has 5 heteroatoms. The van der Waals surface area contributed by atoms with E-state index in [1.807, 2.05) is 55.5 Å². The molecule has 0 aliphatic rings. The summed E-state index contributed by atoms with van der Waals surface area (Å²) >= 11 is 2.22. The van der Waals surface area contributed by atoms with Gasteiger partial charge in [0.25, 0.3) is 5.91 Å². The maximum absolute atomic E-state index is 12.2. The predicted octanol–water partition coefficient (Wildman–Crippen LogP) is 4.58. The number of benzene rings is 3. The number of ether oxygens (including phenoxy) is 1. The van der Waals surface area contributed by atoms with E-state index >= 15 is 0 Å². The second kappa shape index (κ2) is 7.65. The van der Waals surface area contributed by atoms with Crippen LogP contribution in [0.25, 0.3) is 10.8 Å². The summed E-state index contributed by atoms with van der Waals surface area (Å²) in [6.45, 7) is 1.77. The van der Waals surface area contributed by atoms with Crippen molar-refractivity contribution >= 4 is 51.2 Å². The van der Waals surface area contributed by atoms with Crippen LogP contribution in [0.5, 0.6) is 5.75 Å². The van der Waals surface area contributed by atoms with Gasteiger partial charge in [-0.3, -0.25) is 9.59 Å². The zero-order chi connectivity index (χ0) is 17.8. The molecule has 0 bridgehead atoms. The Labute approximate surface area is 159 Å². The van der Waals surface area contributed by atoms with E-state index in [9.17, 15) is 9.59 Å². The molecule has 126 valence electrons. The molecule has 0 aliphatic carbocycles. The zero-order valence-electron chi connectivity index (χ0n) is 13.6. The van der Waals surface area contributed by atoms with Crippen molar-refractivity contribution in [3.05, 3.63) is 69.3 Å². The third kappa shape index (κ3) is 3.99. The summed E-state index contributed by atoms with van der Waals surface area (Å²) in [7, 11) is 0. The van der Waals surface area contributed by atoms with Crippen LogP contribution < -0.4 is 10.1 Å². The molecule has 1 N–H and O–H groups in total. The van der Waals surface area contributed by atoms with Gasteiger partial charge in [-0.1, -0.05) is 30.3 Å². The number of fused-ring (bicyclic) bond motifs is 1. The monoisotopic (exact) mass is 445 g/mol. The number of carbonyl (C=O) groups excluding carboxylic acids is 2. The van der Waals surface area contributed by atoms with E-state index in [2.05, 4.69) is 27.9 Å². The highest BCUT2D eigenvalue weighted by atomic mass is 127. The minimum absolute atomic E-state index is 0.162. The normalized spacial score (nSPS) is 10.5. The number of amides is 1. The van der Waals surface area contributed by atoms with E-state index in [0.717, 1.165) is 31.9 Å². The van der Waals surface area contributed by atoms with Gasteiger partial charge < -0.3 is 10.1 Å². The molecule has 0 spiro atoms. The van der Waals surface area contributed by atoms with E-state index in [-0.39, 0.29) is 12.5 Å². The summed E-state index contributed by atoms with van der Waals surface area (Å²) in [6.07, 6.45) is 0.763. The van der Waals surface area contributed by atoms with Gasteiger partial charge in [-0.15, -0.1) is 0 Å². The van der Waals surface area contributed by atoms with Gasteiger partial charge in [0.15, 0.2) is 12.9 Å². The van der Waals surface area contributed by atoms with Crippen molar-refractivity contribution in [2.24, 2.45) is 0 Å². The fourth-order valence-corrected chi connectivity index (χ4v) is 3.27. The first-order valence-corrected chi connectivity index (χ1v) is 8.82. The van der Waals surface area contributed by atoms with Crippen molar-refractivity contribution in [1.82, 2.24) is 0 Å². The van der Waals surface area contributed by atoms with E-state index in [1.54, 1.807) is 6.07 Å². The van der Waals surface area contributed by atoms with Crippen LogP contribution in [-0.4, -0.2) is 18.8 Å². The number of aryl methyl sites for hydroxylation is 1. The van der Waals surface area contributed by atoms with Crippen molar-refractivity contribution in [2.75, 3.05) is 11.9 Å². The van der Waals surface area contributed by atoms with Crippen LogP contribution in [0.4, 0.5) is 5.69 Å². The molecular formula is C20H16INO3. The number of rotatable bonds is 5. The quantitative estimate of drug-likeness (QED) is 0.462. The Morgan fingerprint density at radius 2 is 1.96 bits per heavy atom. The zero-order valence-corrected chi connectivity index (χ0v) is 15.7. The average molecular weight is 445 g/mol. The number of halogens is 1. The van der Waals surface area contributed by atoms with Gasteiger partial charge in [0.2, 0.25) is 0 Å². The molecule has 3 aromatic rings. The van der Waals surface area contributed by atoms with E-state index in [1.165, 1.54) is 0 Å². The summed E-state index contributed by atoms with van der Waals surface area (Å²) in [5.41, 5.74) is 2.19. The molecule has 0 aromatic heterocycles. The highest BCUT2D eigenvalue weighted by molar-refractivity contribution is 14.1. The van der Waals surface area contributed by atoms with Gasteiger partial charge in [0.05, 0.1) is 5.56 Å². The number of carbonyl (C=O) groups is 2. The molecule has 0 saturated carbocycles. The lowest BCUT2D eigenvalue weighted by Gasteiger charge is -2.12. The van der Waals surface area contributed by atoms with Crippen LogP contribution in [0.1, 0.15) is 15.9 Å². The molecular weight excluding hydrogens is 429 g/mol. The van der Waals surface area contributed by atoms with Crippen molar-refractivity contribution in [3.8, 4) is 5.75 Å². The number of anilines is 1.